The topological polar surface area (TPSA) is 65.9 Å². The van der Waals surface area contributed by atoms with Crippen molar-refractivity contribution < 1.29 is 14.6 Å². The van der Waals surface area contributed by atoms with Gasteiger partial charge in [0.2, 0.25) is 5.88 Å². The van der Waals surface area contributed by atoms with Crippen LogP contribution in [-0.4, -0.2) is 72.7 Å². The van der Waals surface area contributed by atoms with Gasteiger partial charge in [0.05, 0.1) is 12.7 Å². The Balaban J connectivity index is 2.08. The van der Waals surface area contributed by atoms with Crippen molar-refractivity contribution in [2.75, 3.05) is 40.9 Å². The van der Waals surface area contributed by atoms with Gasteiger partial charge in [-0.2, -0.15) is 0 Å². The number of likely N-dealkylation sites (N-methyl/N-ethyl adjacent to an activating group) is 1. The van der Waals surface area contributed by atoms with Gasteiger partial charge in [0.15, 0.2) is 0 Å². The molecule has 6 nitrogen and oxygen atoms in total. The minimum absolute atomic E-state index is 0.0200. The van der Waals surface area contributed by atoms with E-state index in [1.807, 2.05) is 19.0 Å². The van der Waals surface area contributed by atoms with Crippen LogP contribution in [0, 0.1) is 5.92 Å². The van der Waals surface area contributed by atoms with Crippen molar-refractivity contribution in [2.45, 2.75) is 12.5 Å². The summed E-state index contributed by atoms with van der Waals surface area (Å²) in [4.78, 5) is 20.5. The summed E-state index contributed by atoms with van der Waals surface area (Å²) in [7, 11) is 5.51. The standard InChI is InChI=1S/C15H23N3O3/c1-17(2)13-9-18(7-6-12(13)10-19)15(20)11-4-5-14(21-3)16-8-11/h4-5,8,12-13,19H,6-7,9-10H2,1-3H3/t12-,13-/m1/s1. The van der Waals surface area contributed by atoms with Crippen LogP contribution >= 0.6 is 0 Å². The lowest BCUT2D eigenvalue weighted by Crippen LogP contribution is -2.53. The second-order valence-corrected chi connectivity index (χ2v) is 5.60. The van der Waals surface area contributed by atoms with E-state index in [9.17, 15) is 9.90 Å². The van der Waals surface area contributed by atoms with Crippen LogP contribution in [0.1, 0.15) is 16.8 Å². The number of aliphatic hydroxyl groups excluding tert-OH is 1. The Kier molecular flexibility index (Phi) is 5.14. The molecule has 1 aliphatic rings. The molecule has 21 heavy (non-hydrogen) atoms. The van der Waals surface area contributed by atoms with E-state index >= 15 is 0 Å². The van der Waals surface area contributed by atoms with Gasteiger partial charge in [-0.3, -0.25) is 4.79 Å². The normalized spacial score (nSPS) is 22.4. The molecule has 1 aromatic heterocycles. The minimum Gasteiger partial charge on any atom is -0.481 e. The first kappa shape index (κ1) is 15.7. The van der Waals surface area contributed by atoms with Crippen LogP contribution in [0.2, 0.25) is 0 Å². The Bertz CT molecular complexity index is 476. The molecule has 0 bridgehead atoms. The quantitative estimate of drug-likeness (QED) is 0.874. The maximum atomic E-state index is 12.5. The van der Waals surface area contributed by atoms with Crippen molar-refractivity contribution in [2.24, 2.45) is 5.92 Å². The van der Waals surface area contributed by atoms with Gasteiger partial charge >= 0.3 is 0 Å². The van der Waals surface area contributed by atoms with E-state index in [1.54, 1.807) is 25.4 Å². The maximum Gasteiger partial charge on any atom is 0.255 e. The van der Waals surface area contributed by atoms with E-state index in [1.165, 1.54) is 0 Å². The average Bonchev–Trinajstić information content (AvgIpc) is 2.53. The van der Waals surface area contributed by atoms with Crippen molar-refractivity contribution >= 4 is 5.91 Å². The molecule has 2 heterocycles. The number of likely N-dealkylation sites (tertiary alicyclic amines) is 1. The van der Waals surface area contributed by atoms with Crippen LogP contribution in [0.4, 0.5) is 0 Å². The lowest BCUT2D eigenvalue weighted by Gasteiger charge is -2.41. The van der Waals surface area contributed by atoms with Crippen LogP contribution < -0.4 is 4.74 Å². The highest BCUT2D eigenvalue weighted by molar-refractivity contribution is 5.94. The van der Waals surface area contributed by atoms with E-state index in [2.05, 4.69) is 9.88 Å². The number of pyridine rings is 1. The van der Waals surface area contributed by atoms with Gasteiger partial charge in [0, 0.05) is 43.9 Å². The molecule has 1 fully saturated rings. The number of carbonyl (C=O) groups excluding carboxylic acids is 1. The van der Waals surface area contributed by atoms with Gasteiger partial charge in [0.1, 0.15) is 0 Å². The monoisotopic (exact) mass is 293 g/mol. The highest BCUT2D eigenvalue weighted by Crippen LogP contribution is 2.22. The van der Waals surface area contributed by atoms with E-state index in [0.717, 1.165) is 6.42 Å². The number of amides is 1. The number of piperidine rings is 1. The zero-order chi connectivity index (χ0) is 15.4. The Morgan fingerprint density at radius 1 is 1.52 bits per heavy atom. The molecule has 1 aromatic rings. The SMILES string of the molecule is COc1ccc(C(=O)N2CC[C@H](CO)[C@H](N(C)C)C2)cn1. The molecule has 1 saturated heterocycles. The number of rotatable bonds is 4. The molecule has 1 N–H and O–H groups in total. The number of ether oxygens (including phenoxy) is 1. The number of aromatic nitrogens is 1. The molecule has 0 aromatic carbocycles. The van der Waals surface area contributed by atoms with Gasteiger partial charge in [-0.05, 0) is 26.6 Å². The van der Waals surface area contributed by atoms with Gasteiger partial charge < -0.3 is 19.6 Å². The first-order chi connectivity index (χ1) is 10.1. The maximum absolute atomic E-state index is 12.5. The number of nitrogens with zero attached hydrogens (tertiary/aromatic N) is 3. The van der Waals surface area contributed by atoms with E-state index < -0.39 is 0 Å². The number of hydrogen-bond donors (Lipinski definition) is 1. The highest BCUT2D eigenvalue weighted by Gasteiger charge is 2.32. The van der Waals surface area contributed by atoms with Crippen molar-refractivity contribution in [3.05, 3.63) is 23.9 Å². The average molecular weight is 293 g/mol. The Morgan fingerprint density at radius 2 is 2.29 bits per heavy atom. The third kappa shape index (κ3) is 3.51. The van der Waals surface area contributed by atoms with Crippen LogP contribution in [0.5, 0.6) is 5.88 Å². The van der Waals surface area contributed by atoms with Gasteiger partial charge in [-0.15, -0.1) is 0 Å². The summed E-state index contributed by atoms with van der Waals surface area (Å²) in [6.07, 6.45) is 2.36. The van der Waals surface area contributed by atoms with E-state index in [0.29, 0.717) is 24.5 Å². The second kappa shape index (κ2) is 6.87. The Hall–Kier alpha value is -1.66. The molecule has 1 aliphatic heterocycles. The molecular formula is C15H23N3O3. The Morgan fingerprint density at radius 3 is 2.81 bits per heavy atom. The zero-order valence-corrected chi connectivity index (χ0v) is 12.8. The first-order valence-electron chi connectivity index (χ1n) is 7.13. The molecule has 2 rings (SSSR count). The van der Waals surface area contributed by atoms with Gasteiger partial charge in [-0.1, -0.05) is 0 Å². The third-order valence-corrected chi connectivity index (χ3v) is 4.10. The van der Waals surface area contributed by atoms with E-state index in [4.69, 9.17) is 4.74 Å². The third-order valence-electron chi connectivity index (χ3n) is 4.10. The molecule has 6 heteroatoms. The van der Waals surface area contributed by atoms with Crippen LogP contribution in [-0.2, 0) is 0 Å². The molecule has 0 spiro atoms. The predicted octanol–water partition coefficient (Wildman–Crippen LogP) is 0.475. The smallest absolute Gasteiger partial charge is 0.255 e. The van der Waals surface area contributed by atoms with Crippen molar-refractivity contribution in [1.29, 1.82) is 0 Å². The number of methoxy groups -OCH3 is 1. The highest BCUT2D eigenvalue weighted by atomic mass is 16.5. The van der Waals surface area contributed by atoms with Crippen LogP contribution in [0.3, 0.4) is 0 Å². The van der Waals surface area contributed by atoms with Crippen LogP contribution in [0.15, 0.2) is 18.3 Å². The van der Waals surface area contributed by atoms with Crippen molar-refractivity contribution in [3.63, 3.8) is 0 Å². The molecule has 0 radical (unpaired) electrons. The fourth-order valence-electron chi connectivity index (χ4n) is 2.77. The van der Waals surface area contributed by atoms with Crippen molar-refractivity contribution in [3.8, 4) is 5.88 Å². The van der Waals surface area contributed by atoms with Crippen LogP contribution in [0.25, 0.3) is 0 Å². The molecular weight excluding hydrogens is 270 g/mol. The lowest BCUT2D eigenvalue weighted by atomic mass is 9.91. The minimum atomic E-state index is -0.0200. The Labute approximate surface area is 125 Å². The lowest BCUT2D eigenvalue weighted by molar-refractivity contribution is 0.0379. The molecule has 1 amide bonds. The summed E-state index contributed by atoms with van der Waals surface area (Å²) < 4.78 is 5.00. The first-order valence-corrected chi connectivity index (χ1v) is 7.13. The summed E-state index contributed by atoms with van der Waals surface area (Å²) in [5.41, 5.74) is 0.566. The fourth-order valence-corrected chi connectivity index (χ4v) is 2.77. The number of hydrogen-bond acceptors (Lipinski definition) is 5. The predicted molar refractivity (Wildman–Crippen MR) is 79.4 cm³/mol. The summed E-state index contributed by atoms with van der Waals surface area (Å²) in [5, 5.41) is 9.46. The van der Waals surface area contributed by atoms with Crippen molar-refractivity contribution in [1.82, 2.24) is 14.8 Å². The summed E-state index contributed by atoms with van der Waals surface area (Å²) in [5.74, 6) is 0.697. The molecule has 2 atom stereocenters. The molecule has 116 valence electrons. The molecule has 0 saturated carbocycles. The largest absolute Gasteiger partial charge is 0.481 e. The number of aliphatic hydroxyl groups is 1. The zero-order valence-electron chi connectivity index (χ0n) is 12.8. The fraction of sp³-hybridized carbons (Fsp3) is 0.600. The summed E-state index contributed by atoms with van der Waals surface area (Å²) in [6.45, 7) is 1.46. The van der Waals surface area contributed by atoms with Gasteiger partial charge in [0.25, 0.3) is 5.91 Å². The molecule has 0 aliphatic carbocycles. The summed E-state index contributed by atoms with van der Waals surface area (Å²) >= 11 is 0. The number of carbonyl (C=O) groups is 1. The van der Waals surface area contributed by atoms with Gasteiger partial charge in [-0.25, -0.2) is 4.98 Å². The van der Waals surface area contributed by atoms with E-state index in [-0.39, 0.29) is 24.5 Å². The second-order valence-electron chi connectivity index (χ2n) is 5.60. The summed E-state index contributed by atoms with van der Waals surface area (Å²) in [6, 6.07) is 3.60. The molecule has 0 unspecified atom stereocenters.